The Morgan fingerprint density at radius 1 is 1.50 bits per heavy atom. The molecule has 0 aromatic carbocycles. The van der Waals surface area contributed by atoms with Gasteiger partial charge in [0.05, 0.1) is 0 Å². The van der Waals surface area contributed by atoms with E-state index in [9.17, 15) is 0 Å². The number of hydrogen-bond acceptors (Lipinski definition) is 4. The Kier molecular flexibility index (Phi) is 3.32. The highest BCUT2D eigenvalue weighted by Gasteiger charge is 1.94. The van der Waals surface area contributed by atoms with Crippen LogP contribution >= 0.6 is 11.5 Å². The maximum Gasteiger partial charge on any atom is 0.129 e. The predicted molar refractivity (Wildman–Crippen MR) is 41.9 cm³/mol. The lowest BCUT2D eigenvalue weighted by molar-refractivity contribution is 0.741. The van der Waals surface area contributed by atoms with E-state index in [-0.39, 0.29) is 0 Å². The van der Waals surface area contributed by atoms with E-state index in [2.05, 4.69) is 9.36 Å². The number of nitrogens with two attached hydrogens (primary N) is 1. The van der Waals surface area contributed by atoms with Crippen molar-refractivity contribution < 1.29 is 0 Å². The van der Waals surface area contributed by atoms with Gasteiger partial charge in [0.1, 0.15) is 11.3 Å². The Bertz CT molecular complexity index is 162. The Balaban J connectivity index is 2.15. The van der Waals surface area contributed by atoms with E-state index < -0.39 is 0 Å². The molecule has 1 aromatic rings. The smallest absolute Gasteiger partial charge is 0.129 e. The lowest BCUT2D eigenvalue weighted by atomic mass is 10.2. The van der Waals surface area contributed by atoms with Crippen molar-refractivity contribution in [3.05, 3.63) is 11.3 Å². The summed E-state index contributed by atoms with van der Waals surface area (Å²) < 4.78 is 3.90. The molecule has 1 aromatic heterocycles. The molecular weight excluding hydrogens is 146 g/mol. The molecule has 0 aliphatic carbocycles. The molecule has 1 heterocycles. The van der Waals surface area contributed by atoms with Gasteiger partial charge in [-0.15, -0.1) is 0 Å². The topological polar surface area (TPSA) is 51.8 Å². The van der Waals surface area contributed by atoms with Crippen LogP contribution in [0.15, 0.2) is 6.33 Å². The van der Waals surface area contributed by atoms with E-state index in [1.54, 1.807) is 6.33 Å². The summed E-state index contributed by atoms with van der Waals surface area (Å²) in [5, 5.41) is 1.12. The maximum atomic E-state index is 5.34. The second kappa shape index (κ2) is 4.35. The molecule has 2 N–H and O–H groups in total. The van der Waals surface area contributed by atoms with Crippen molar-refractivity contribution in [2.75, 3.05) is 6.54 Å². The molecule has 0 unspecified atom stereocenters. The van der Waals surface area contributed by atoms with Crippen molar-refractivity contribution >= 4 is 11.5 Å². The summed E-state index contributed by atoms with van der Waals surface area (Å²) in [7, 11) is 0. The fourth-order valence-corrected chi connectivity index (χ4v) is 1.27. The Labute approximate surface area is 64.5 Å². The number of aryl methyl sites for hydroxylation is 1. The average Bonchev–Trinajstić information content (AvgIpc) is 2.41. The van der Waals surface area contributed by atoms with Crippen molar-refractivity contribution in [3.63, 3.8) is 0 Å². The second-order valence-corrected chi connectivity index (χ2v) is 2.95. The van der Waals surface area contributed by atoms with Crippen LogP contribution in [0.1, 0.15) is 17.8 Å². The highest BCUT2D eigenvalue weighted by Crippen LogP contribution is 2.04. The number of nitrogens with zero attached hydrogens (tertiary/aromatic N) is 2. The van der Waals surface area contributed by atoms with Gasteiger partial charge < -0.3 is 5.73 Å². The maximum absolute atomic E-state index is 5.34. The van der Waals surface area contributed by atoms with Gasteiger partial charge >= 0.3 is 0 Å². The zero-order valence-corrected chi connectivity index (χ0v) is 6.60. The Hall–Kier alpha value is -0.480. The zero-order valence-electron chi connectivity index (χ0n) is 5.79. The predicted octanol–water partition coefficient (Wildman–Crippen LogP) is 0.820. The summed E-state index contributed by atoms with van der Waals surface area (Å²) >= 11 is 1.47. The summed E-state index contributed by atoms with van der Waals surface area (Å²) in [4.78, 5) is 4.05. The van der Waals surface area contributed by atoms with Gasteiger partial charge in [0, 0.05) is 6.42 Å². The van der Waals surface area contributed by atoms with Gasteiger partial charge in [-0.2, -0.15) is 4.37 Å². The number of unbranched alkanes of at least 4 members (excludes halogenated alkanes) is 1. The second-order valence-electron chi connectivity index (χ2n) is 2.08. The van der Waals surface area contributed by atoms with Gasteiger partial charge in [-0.25, -0.2) is 4.98 Å². The third-order valence-electron chi connectivity index (χ3n) is 1.25. The zero-order chi connectivity index (χ0) is 7.23. The number of aromatic nitrogens is 2. The van der Waals surface area contributed by atoms with E-state index in [1.165, 1.54) is 11.5 Å². The van der Waals surface area contributed by atoms with E-state index in [0.29, 0.717) is 0 Å². The molecule has 1 rings (SSSR count). The molecule has 0 amide bonds. The fraction of sp³-hybridized carbons (Fsp3) is 0.667. The molecule has 0 aliphatic rings. The van der Waals surface area contributed by atoms with Crippen LogP contribution in [-0.4, -0.2) is 15.9 Å². The summed E-state index contributed by atoms with van der Waals surface area (Å²) in [6.07, 6.45) is 4.84. The quantitative estimate of drug-likeness (QED) is 0.658. The minimum atomic E-state index is 0.777. The summed E-state index contributed by atoms with van der Waals surface area (Å²) in [6.45, 7) is 0.777. The van der Waals surface area contributed by atoms with Crippen LogP contribution in [0, 0.1) is 0 Å². The molecule has 0 saturated heterocycles. The SMILES string of the molecule is NCCCCc1ncns1. The molecule has 0 fully saturated rings. The lowest BCUT2D eigenvalue weighted by Gasteiger charge is -1.91. The van der Waals surface area contributed by atoms with Crippen LogP contribution in [0.4, 0.5) is 0 Å². The molecular formula is C6H11N3S. The Morgan fingerprint density at radius 2 is 2.40 bits per heavy atom. The van der Waals surface area contributed by atoms with Gasteiger partial charge in [-0.1, -0.05) is 0 Å². The molecule has 0 saturated carbocycles. The third-order valence-corrected chi connectivity index (χ3v) is 1.97. The van der Waals surface area contributed by atoms with Gasteiger partial charge in [0.15, 0.2) is 0 Å². The van der Waals surface area contributed by atoms with E-state index in [1.807, 2.05) is 0 Å². The van der Waals surface area contributed by atoms with Gasteiger partial charge in [-0.05, 0) is 30.9 Å². The highest BCUT2D eigenvalue weighted by molar-refractivity contribution is 7.05. The molecule has 3 nitrogen and oxygen atoms in total. The van der Waals surface area contributed by atoms with Crippen molar-refractivity contribution in [1.82, 2.24) is 9.36 Å². The van der Waals surface area contributed by atoms with Gasteiger partial charge in [-0.3, -0.25) is 0 Å². The molecule has 0 aliphatic heterocycles. The van der Waals surface area contributed by atoms with Crippen molar-refractivity contribution in [2.45, 2.75) is 19.3 Å². The first-order valence-electron chi connectivity index (χ1n) is 3.39. The standard InChI is InChI=1S/C6H11N3S/c7-4-2-1-3-6-8-5-9-10-6/h5H,1-4,7H2. The van der Waals surface area contributed by atoms with Gasteiger partial charge in [0.2, 0.25) is 0 Å². The molecule has 56 valence electrons. The van der Waals surface area contributed by atoms with E-state index in [4.69, 9.17) is 5.73 Å². The molecule has 10 heavy (non-hydrogen) atoms. The minimum Gasteiger partial charge on any atom is -0.330 e. The normalized spacial score (nSPS) is 10.1. The Morgan fingerprint density at radius 3 is 3.00 bits per heavy atom. The van der Waals surface area contributed by atoms with Crippen LogP contribution in [-0.2, 0) is 6.42 Å². The summed E-state index contributed by atoms with van der Waals surface area (Å²) in [5.74, 6) is 0. The molecule has 0 bridgehead atoms. The lowest BCUT2D eigenvalue weighted by Crippen LogP contribution is -1.98. The van der Waals surface area contributed by atoms with Crippen LogP contribution in [0.2, 0.25) is 0 Å². The molecule has 0 spiro atoms. The first-order chi connectivity index (χ1) is 4.93. The fourth-order valence-electron chi connectivity index (χ4n) is 0.727. The molecule has 4 heteroatoms. The van der Waals surface area contributed by atoms with Crippen LogP contribution in [0.3, 0.4) is 0 Å². The van der Waals surface area contributed by atoms with Crippen molar-refractivity contribution in [1.29, 1.82) is 0 Å². The molecule has 0 radical (unpaired) electrons. The van der Waals surface area contributed by atoms with E-state index >= 15 is 0 Å². The van der Waals surface area contributed by atoms with Crippen LogP contribution in [0.5, 0.6) is 0 Å². The highest BCUT2D eigenvalue weighted by atomic mass is 32.1. The van der Waals surface area contributed by atoms with Crippen molar-refractivity contribution in [3.8, 4) is 0 Å². The van der Waals surface area contributed by atoms with Gasteiger partial charge in [0.25, 0.3) is 0 Å². The average molecular weight is 157 g/mol. The monoisotopic (exact) mass is 157 g/mol. The third kappa shape index (κ3) is 2.41. The van der Waals surface area contributed by atoms with Crippen LogP contribution < -0.4 is 5.73 Å². The first kappa shape index (κ1) is 7.63. The number of hydrogen-bond donors (Lipinski definition) is 1. The first-order valence-corrected chi connectivity index (χ1v) is 4.16. The summed E-state index contributed by atoms with van der Waals surface area (Å²) in [6, 6.07) is 0. The van der Waals surface area contributed by atoms with Crippen LogP contribution in [0.25, 0.3) is 0 Å². The largest absolute Gasteiger partial charge is 0.330 e. The van der Waals surface area contributed by atoms with E-state index in [0.717, 1.165) is 30.8 Å². The van der Waals surface area contributed by atoms with Crippen molar-refractivity contribution in [2.24, 2.45) is 5.73 Å². The summed E-state index contributed by atoms with van der Waals surface area (Å²) in [5.41, 5.74) is 5.34. The number of rotatable bonds is 4. The molecule has 0 atom stereocenters. The minimum absolute atomic E-state index is 0.777.